The third kappa shape index (κ3) is 2.73. The second kappa shape index (κ2) is 6.10. The Kier molecular flexibility index (Phi) is 3.73. The molecule has 3 N–H and O–H groups in total. The zero-order valence-electron chi connectivity index (χ0n) is 14.1. The standard InChI is InChI=1S/C19H13N3O5/c1-27-11-5-3-10(4-6-11)20-16-13-8-9(19(25)26)2-7-12(13)14-15(23)18(24)22-17(14)21-16/h2-8H,1H3,(H,25,26)(H2,20,21,22,23,24). The normalized spacial score (nSPS) is 12.6. The number of carbonyl (C=O) groups is 3. The molecule has 0 saturated carbocycles. The number of carbonyl (C=O) groups excluding carboxylic acids is 2. The molecule has 8 nitrogen and oxygen atoms in total. The Morgan fingerprint density at radius 3 is 2.52 bits per heavy atom. The average molecular weight is 363 g/mol. The van der Waals surface area contributed by atoms with Gasteiger partial charge >= 0.3 is 5.97 Å². The highest BCUT2D eigenvalue weighted by atomic mass is 16.5. The first kappa shape index (κ1) is 16.5. The summed E-state index contributed by atoms with van der Waals surface area (Å²) < 4.78 is 5.12. The topological polar surface area (TPSA) is 118 Å². The lowest BCUT2D eigenvalue weighted by Crippen LogP contribution is -2.12. The van der Waals surface area contributed by atoms with E-state index in [2.05, 4.69) is 15.6 Å². The van der Waals surface area contributed by atoms with Crippen LogP contribution in [-0.2, 0) is 4.79 Å². The number of ketones is 1. The zero-order valence-corrected chi connectivity index (χ0v) is 14.1. The van der Waals surface area contributed by atoms with E-state index >= 15 is 0 Å². The molecule has 0 saturated heterocycles. The van der Waals surface area contributed by atoms with E-state index < -0.39 is 17.7 Å². The van der Waals surface area contributed by atoms with E-state index in [0.29, 0.717) is 28.0 Å². The minimum absolute atomic E-state index is 0.0479. The van der Waals surface area contributed by atoms with Gasteiger partial charge in [-0.1, -0.05) is 6.07 Å². The number of aromatic carboxylic acids is 1. The number of amides is 1. The molecule has 1 aromatic heterocycles. The van der Waals surface area contributed by atoms with E-state index in [-0.39, 0.29) is 16.9 Å². The largest absolute Gasteiger partial charge is 0.497 e. The van der Waals surface area contributed by atoms with Crippen molar-refractivity contribution in [1.82, 2.24) is 4.98 Å². The molecule has 4 rings (SSSR count). The summed E-state index contributed by atoms with van der Waals surface area (Å²) >= 11 is 0. The van der Waals surface area contributed by atoms with Crippen LogP contribution in [0.1, 0.15) is 20.7 Å². The van der Waals surface area contributed by atoms with Gasteiger partial charge in [-0.05, 0) is 36.4 Å². The van der Waals surface area contributed by atoms with E-state index in [1.807, 2.05) is 0 Å². The number of fused-ring (bicyclic) bond motifs is 3. The molecule has 0 radical (unpaired) electrons. The molecule has 0 fully saturated rings. The van der Waals surface area contributed by atoms with Gasteiger partial charge in [0, 0.05) is 16.5 Å². The van der Waals surface area contributed by atoms with Crippen molar-refractivity contribution in [3.05, 3.63) is 53.6 Å². The van der Waals surface area contributed by atoms with Crippen LogP contribution in [0.15, 0.2) is 42.5 Å². The molecule has 3 aromatic rings. The Morgan fingerprint density at radius 1 is 1.11 bits per heavy atom. The van der Waals surface area contributed by atoms with Crippen LogP contribution in [0.25, 0.3) is 10.8 Å². The van der Waals surface area contributed by atoms with Crippen LogP contribution in [0.4, 0.5) is 17.3 Å². The van der Waals surface area contributed by atoms with E-state index in [1.54, 1.807) is 31.4 Å². The molecule has 0 bridgehead atoms. The number of methoxy groups -OCH3 is 1. The number of hydrogen-bond donors (Lipinski definition) is 3. The number of pyridine rings is 1. The molecule has 8 heteroatoms. The minimum atomic E-state index is -1.10. The van der Waals surface area contributed by atoms with Gasteiger partial charge in [0.2, 0.25) is 0 Å². The fourth-order valence-corrected chi connectivity index (χ4v) is 2.95. The second-order valence-corrected chi connectivity index (χ2v) is 5.89. The number of hydrogen-bond acceptors (Lipinski definition) is 6. The van der Waals surface area contributed by atoms with Gasteiger partial charge in [-0.25, -0.2) is 9.78 Å². The summed E-state index contributed by atoms with van der Waals surface area (Å²) in [6.45, 7) is 0. The summed E-state index contributed by atoms with van der Waals surface area (Å²) in [5, 5.41) is 15.7. The van der Waals surface area contributed by atoms with Crippen molar-refractivity contribution >= 4 is 45.8 Å². The molecule has 0 atom stereocenters. The third-order valence-electron chi connectivity index (χ3n) is 4.27. The van der Waals surface area contributed by atoms with Crippen molar-refractivity contribution in [3.8, 4) is 5.75 Å². The lowest BCUT2D eigenvalue weighted by atomic mass is 10.0. The smallest absolute Gasteiger partial charge is 0.335 e. The maximum Gasteiger partial charge on any atom is 0.335 e. The Balaban J connectivity index is 1.90. The Hall–Kier alpha value is -3.94. The van der Waals surface area contributed by atoms with Gasteiger partial charge in [0.05, 0.1) is 18.2 Å². The number of aromatic nitrogens is 1. The number of nitrogens with zero attached hydrogens (tertiary/aromatic N) is 1. The van der Waals surface area contributed by atoms with Crippen LogP contribution in [0.5, 0.6) is 5.75 Å². The van der Waals surface area contributed by atoms with Crippen LogP contribution < -0.4 is 15.4 Å². The molecule has 1 aliphatic rings. The third-order valence-corrected chi connectivity index (χ3v) is 4.27. The lowest BCUT2D eigenvalue weighted by molar-refractivity contribution is -0.112. The van der Waals surface area contributed by atoms with Crippen LogP contribution >= 0.6 is 0 Å². The predicted molar refractivity (Wildman–Crippen MR) is 97.9 cm³/mol. The first-order chi connectivity index (χ1) is 13.0. The van der Waals surface area contributed by atoms with Crippen molar-refractivity contribution in [2.45, 2.75) is 0 Å². The van der Waals surface area contributed by atoms with Crippen molar-refractivity contribution in [1.29, 1.82) is 0 Å². The van der Waals surface area contributed by atoms with Gasteiger partial charge in [-0.15, -0.1) is 0 Å². The van der Waals surface area contributed by atoms with Crippen molar-refractivity contribution in [2.24, 2.45) is 0 Å². The maximum absolute atomic E-state index is 12.2. The van der Waals surface area contributed by atoms with E-state index in [1.165, 1.54) is 18.2 Å². The monoisotopic (exact) mass is 363 g/mol. The van der Waals surface area contributed by atoms with Crippen molar-refractivity contribution in [3.63, 3.8) is 0 Å². The van der Waals surface area contributed by atoms with Crippen LogP contribution in [0.3, 0.4) is 0 Å². The van der Waals surface area contributed by atoms with E-state index in [0.717, 1.165) is 0 Å². The van der Waals surface area contributed by atoms with Crippen LogP contribution in [0.2, 0.25) is 0 Å². The molecule has 27 heavy (non-hydrogen) atoms. The number of nitrogens with one attached hydrogen (secondary N) is 2. The highest BCUT2D eigenvalue weighted by Crippen LogP contribution is 2.35. The molecule has 0 spiro atoms. The molecular weight excluding hydrogens is 350 g/mol. The van der Waals surface area contributed by atoms with Crippen LogP contribution in [0, 0.1) is 0 Å². The Morgan fingerprint density at radius 2 is 1.85 bits per heavy atom. The number of carboxylic acids is 1. The number of carboxylic acid groups (broad SMARTS) is 1. The number of anilines is 3. The van der Waals surface area contributed by atoms with E-state index in [9.17, 15) is 19.5 Å². The second-order valence-electron chi connectivity index (χ2n) is 5.89. The van der Waals surface area contributed by atoms with Gasteiger partial charge < -0.3 is 20.5 Å². The van der Waals surface area contributed by atoms with E-state index in [4.69, 9.17) is 4.74 Å². The minimum Gasteiger partial charge on any atom is -0.497 e. The number of rotatable bonds is 4. The number of Topliss-reactive ketones (excluding diaryl/α,β-unsaturated/α-hetero) is 1. The zero-order chi connectivity index (χ0) is 19.1. The summed E-state index contributed by atoms with van der Waals surface area (Å²) in [5.74, 6) is -1.40. The van der Waals surface area contributed by atoms with Gasteiger partial charge in [0.25, 0.3) is 11.7 Å². The SMILES string of the molecule is COc1ccc(Nc2nc3c(c4ccc(C(=O)O)cc24)C(=O)C(=O)N3)cc1. The fraction of sp³-hybridized carbons (Fsp3) is 0.0526. The number of ether oxygens (including phenoxy) is 1. The molecule has 1 aliphatic heterocycles. The highest BCUT2D eigenvalue weighted by molar-refractivity contribution is 6.53. The molecule has 2 heterocycles. The molecule has 0 unspecified atom stereocenters. The fourth-order valence-electron chi connectivity index (χ4n) is 2.95. The molecule has 0 aliphatic carbocycles. The quantitative estimate of drug-likeness (QED) is 0.610. The molecular formula is C19H13N3O5. The highest BCUT2D eigenvalue weighted by Gasteiger charge is 2.32. The van der Waals surface area contributed by atoms with Gasteiger partial charge in [0.15, 0.2) is 0 Å². The molecule has 134 valence electrons. The van der Waals surface area contributed by atoms with Gasteiger partial charge in [0.1, 0.15) is 17.4 Å². The average Bonchev–Trinajstić information content (AvgIpc) is 2.96. The van der Waals surface area contributed by atoms with Crippen molar-refractivity contribution < 1.29 is 24.2 Å². The number of benzene rings is 2. The maximum atomic E-state index is 12.2. The van der Waals surface area contributed by atoms with Gasteiger partial charge in [-0.2, -0.15) is 0 Å². The predicted octanol–water partition coefficient (Wildman–Crippen LogP) is 2.82. The summed E-state index contributed by atoms with van der Waals surface area (Å²) in [7, 11) is 1.56. The summed E-state index contributed by atoms with van der Waals surface area (Å²) in [6, 6.07) is 11.4. The Labute approximate surface area is 152 Å². The van der Waals surface area contributed by atoms with Gasteiger partial charge in [-0.3, -0.25) is 9.59 Å². The van der Waals surface area contributed by atoms with Crippen LogP contribution in [-0.4, -0.2) is 34.9 Å². The first-order valence-corrected chi connectivity index (χ1v) is 7.95. The first-order valence-electron chi connectivity index (χ1n) is 7.95. The lowest BCUT2D eigenvalue weighted by Gasteiger charge is -2.12. The summed E-state index contributed by atoms with van der Waals surface area (Å²) in [4.78, 5) is 39.6. The van der Waals surface area contributed by atoms with Crippen molar-refractivity contribution in [2.75, 3.05) is 17.7 Å². The summed E-state index contributed by atoms with van der Waals surface area (Å²) in [5.41, 5.74) is 0.875. The Bertz CT molecular complexity index is 1120. The molecule has 2 aromatic carbocycles. The molecule has 1 amide bonds. The summed E-state index contributed by atoms with van der Waals surface area (Å²) in [6.07, 6.45) is 0.